The monoisotopic (exact) mass is 234 g/mol. The molecule has 1 aliphatic heterocycles. The van der Waals surface area contributed by atoms with Gasteiger partial charge in [0, 0.05) is 0 Å². The fourth-order valence-corrected chi connectivity index (χ4v) is 2.79. The highest BCUT2D eigenvalue weighted by atomic mass is 32.2. The van der Waals surface area contributed by atoms with E-state index in [0.717, 1.165) is 16.1 Å². The summed E-state index contributed by atoms with van der Waals surface area (Å²) in [7, 11) is -3.44. The first-order valence-corrected chi connectivity index (χ1v) is 6.55. The van der Waals surface area contributed by atoms with Gasteiger partial charge < -0.3 is 0 Å². The molecule has 1 aromatic rings. The molecule has 0 aromatic heterocycles. The lowest BCUT2D eigenvalue weighted by molar-refractivity contribution is 0.596. The van der Waals surface area contributed by atoms with Crippen molar-refractivity contribution in [2.24, 2.45) is 0 Å². The van der Waals surface area contributed by atoms with E-state index in [4.69, 9.17) is 5.26 Å². The van der Waals surface area contributed by atoms with Gasteiger partial charge in [0.05, 0.1) is 18.0 Å². The first-order valence-electron chi connectivity index (χ1n) is 4.70. The van der Waals surface area contributed by atoms with Crippen molar-refractivity contribution in [1.82, 2.24) is 0 Å². The number of para-hydroxylation sites is 1. The molecule has 1 atom stereocenters. The summed E-state index contributed by atoms with van der Waals surface area (Å²) in [6.45, 7) is 0. The normalized spacial score (nSPS) is 19.0. The second kappa shape index (κ2) is 3.65. The van der Waals surface area contributed by atoms with Crippen molar-refractivity contribution in [3.8, 4) is 6.07 Å². The number of fused-ring (bicyclic) bond motifs is 1. The van der Waals surface area contributed by atoms with E-state index in [1.54, 1.807) is 24.3 Å². The minimum Gasteiger partial charge on any atom is -0.249 e. The third kappa shape index (κ3) is 1.68. The molecular formula is C11H10N2O2S. The quantitative estimate of drug-likeness (QED) is 0.737. The first kappa shape index (κ1) is 10.7. The number of benzene rings is 1. The summed E-state index contributed by atoms with van der Waals surface area (Å²) in [5.74, 6) is 0. The Hall–Kier alpha value is -1.80. The minimum atomic E-state index is -3.44. The van der Waals surface area contributed by atoms with Crippen LogP contribution in [0.2, 0.25) is 0 Å². The van der Waals surface area contributed by atoms with Crippen LogP contribution in [0.25, 0.3) is 6.08 Å². The molecule has 0 saturated carbocycles. The maximum absolute atomic E-state index is 11.7. The molecule has 0 aliphatic carbocycles. The summed E-state index contributed by atoms with van der Waals surface area (Å²) in [6.07, 6.45) is 4.46. The third-order valence-corrected chi connectivity index (χ3v) is 3.51. The van der Waals surface area contributed by atoms with Gasteiger partial charge in [-0.2, -0.15) is 5.26 Å². The van der Waals surface area contributed by atoms with Crippen LogP contribution in [0.4, 0.5) is 5.69 Å². The topological polar surface area (TPSA) is 61.2 Å². The minimum absolute atomic E-state index is 0.555. The molecule has 2 rings (SSSR count). The lowest BCUT2D eigenvalue weighted by Gasteiger charge is -2.29. The summed E-state index contributed by atoms with van der Waals surface area (Å²) >= 11 is 0. The summed E-state index contributed by atoms with van der Waals surface area (Å²) in [6, 6.07) is 8.30. The van der Waals surface area contributed by atoms with Gasteiger partial charge in [-0.25, -0.2) is 12.7 Å². The highest BCUT2D eigenvalue weighted by Gasteiger charge is 2.29. The molecule has 0 saturated heterocycles. The van der Waals surface area contributed by atoms with Crippen LogP contribution in [0.5, 0.6) is 0 Å². The molecule has 1 aromatic carbocycles. The summed E-state index contributed by atoms with van der Waals surface area (Å²) in [5.41, 5.74) is 1.36. The zero-order valence-corrected chi connectivity index (χ0v) is 9.48. The van der Waals surface area contributed by atoms with Crippen LogP contribution in [-0.4, -0.2) is 20.7 Å². The van der Waals surface area contributed by atoms with Crippen LogP contribution >= 0.6 is 0 Å². The largest absolute Gasteiger partial charge is 0.249 e. The van der Waals surface area contributed by atoms with Crippen molar-refractivity contribution in [2.75, 3.05) is 10.6 Å². The van der Waals surface area contributed by atoms with E-state index in [9.17, 15) is 8.42 Å². The number of anilines is 1. The molecule has 5 heteroatoms. The van der Waals surface area contributed by atoms with Crippen molar-refractivity contribution >= 4 is 21.8 Å². The van der Waals surface area contributed by atoms with Crippen LogP contribution in [0.15, 0.2) is 30.3 Å². The average molecular weight is 234 g/mol. The number of rotatable bonds is 1. The summed E-state index contributed by atoms with van der Waals surface area (Å²) < 4.78 is 24.5. The standard InChI is InChI=1S/C11H10N2O2S/c1-16(14,15)13-10(8-12)7-6-9-4-2-3-5-11(9)13/h2-7,10H,1H3. The van der Waals surface area contributed by atoms with Gasteiger partial charge in [-0.3, -0.25) is 0 Å². The lowest BCUT2D eigenvalue weighted by atomic mass is 10.1. The Labute approximate surface area is 94.5 Å². The Bertz CT molecular complexity index is 584. The second-order valence-corrected chi connectivity index (χ2v) is 5.41. The second-order valence-electron chi connectivity index (χ2n) is 3.55. The van der Waals surface area contributed by atoms with E-state index in [1.807, 2.05) is 18.2 Å². The van der Waals surface area contributed by atoms with Gasteiger partial charge in [-0.1, -0.05) is 24.3 Å². The first-order chi connectivity index (χ1) is 7.54. The van der Waals surface area contributed by atoms with Crippen molar-refractivity contribution in [1.29, 1.82) is 5.26 Å². The van der Waals surface area contributed by atoms with Crippen molar-refractivity contribution < 1.29 is 8.42 Å². The number of sulfonamides is 1. The Morgan fingerprint density at radius 3 is 2.69 bits per heavy atom. The van der Waals surface area contributed by atoms with Crippen LogP contribution < -0.4 is 4.31 Å². The molecule has 16 heavy (non-hydrogen) atoms. The van der Waals surface area contributed by atoms with Gasteiger partial charge in [0.25, 0.3) is 0 Å². The predicted molar refractivity (Wildman–Crippen MR) is 62.2 cm³/mol. The lowest BCUT2D eigenvalue weighted by Crippen LogP contribution is -2.39. The molecule has 0 N–H and O–H groups in total. The summed E-state index contributed by atoms with van der Waals surface area (Å²) in [4.78, 5) is 0. The number of hydrogen-bond donors (Lipinski definition) is 0. The van der Waals surface area contributed by atoms with Crippen molar-refractivity contribution in [3.05, 3.63) is 35.9 Å². The molecule has 0 amide bonds. The van der Waals surface area contributed by atoms with Gasteiger partial charge in [-0.05, 0) is 17.7 Å². The Morgan fingerprint density at radius 1 is 1.38 bits per heavy atom. The number of hydrogen-bond acceptors (Lipinski definition) is 3. The Kier molecular flexibility index (Phi) is 2.44. The third-order valence-electron chi connectivity index (χ3n) is 2.37. The molecular weight excluding hydrogens is 224 g/mol. The van der Waals surface area contributed by atoms with E-state index in [1.165, 1.54) is 0 Å². The van der Waals surface area contributed by atoms with E-state index >= 15 is 0 Å². The van der Waals surface area contributed by atoms with Gasteiger partial charge in [-0.15, -0.1) is 0 Å². The number of nitrogens with zero attached hydrogens (tertiary/aromatic N) is 2. The molecule has 1 heterocycles. The molecule has 0 radical (unpaired) electrons. The van der Waals surface area contributed by atoms with Gasteiger partial charge >= 0.3 is 0 Å². The number of nitriles is 1. The summed E-state index contributed by atoms with van der Waals surface area (Å²) in [5, 5.41) is 8.94. The molecule has 0 spiro atoms. The van der Waals surface area contributed by atoms with E-state index in [0.29, 0.717) is 5.69 Å². The van der Waals surface area contributed by atoms with Crippen LogP contribution in [0.1, 0.15) is 5.56 Å². The van der Waals surface area contributed by atoms with E-state index in [-0.39, 0.29) is 0 Å². The van der Waals surface area contributed by atoms with E-state index < -0.39 is 16.1 Å². The van der Waals surface area contributed by atoms with Crippen molar-refractivity contribution in [2.45, 2.75) is 6.04 Å². The molecule has 0 bridgehead atoms. The highest BCUT2D eigenvalue weighted by molar-refractivity contribution is 7.92. The molecule has 0 fully saturated rings. The Balaban J connectivity index is 2.65. The smallest absolute Gasteiger partial charge is 0.233 e. The molecule has 1 aliphatic rings. The van der Waals surface area contributed by atoms with E-state index in [2.05, 4.69) is 0 Å². The van der Waals surface area contributed by atoms with Crippen LogP contribution in [-0.2, 0) is 10.0 Å². The maximum Gasteiger partial charge on any atom is 0.233 e. The van der Waals surface area contributed by atoms with Crippen LogP contribution in [0, 0.1) is 11.3 Å². The fraction of sp³-hybridized carbons (Fsp3) is 0.182. The van der Waals surface area contributed by atoms with Gasteiger partial charge in [0.2, 0.25) is 10.0 Å². The van der Waals surface area contributed by atoms with Crippen LogP contribution in [0.3, 0.4) is 0 Å². The SMILES string of the molecule is CS(=O)(=O)N1c2ccccc2C=CC1C#N. The van der Waals surface area contributed by atoms with Crippen molar-refractivity contribution in [3.63, 3.8) is 0 Å². The molecule has 4 nitrogen and oxygen atoms in total. The average Bonchev–Trinajstić information content (AvgIpc) is 2.26. The molecule has 82 valence electrons. The van der Waals surface area contributed by atoms with Gasteiger partial charge in [0.15, 0.2) is 6.04 Å². The fourth-order valence-electron chi connectivity index (χ4n) is 1.73. The Morgan fingerprint density at radius 2 is 2.06 bits per heavy atom. The highest BCUT2D eigenvalue weighted by Crippen LogP contribution is 2.30. The zero-order chi connectivity index (χ0) is 11.8. The maximum atomic E-state index is 11.7. The molecule has 1 unspecified atom stereocenters. The van der Waals surface area contributed by atoms with Gasteiger partial charge in [0.1, 0.15) is 0 Å². The predicted octanol–water partition coefficient (Wildman–Crippen LogP) is 1.37. The zero-order valence-electron chi connectivity index (χ0n) is 8.66.